The summed E-state index contributed by atoms with van der Waals surface area (Å²) in [6.07, 6.45) is -3.90. The molecule has 11 nitrogen and oxygen atoms in total. The Morgan fingerprint density at radius 1 is 1.20 bits per heavy atom. The molecule has 40 heavy (non-hydrogen) atoms. The molecule has 0 bridgehead atoms. The highest BCUT2D eigenvalue weighted by Gasteiger charge is 2.33. The quantitative estimate of drug-likeness (QED) is 0.267. The van der Waals surface area contributed by atoms with Gasteiger partial charge < -0.3 is 25.4 Å². The number of aromatic nitrogens is 4. The highest BCUT2D eigenvalue weighted by molar-refractivity contribution is 7.22. The molecular weight excluding hydrogens is 551 g/mol. The molecule has 1 unspecified atom stereocenters. The lowest BCUT2D eigenvalue weighted by atomic mass is 10.1. The summed E-state index contributed by atoms with van der Waals surface area (Å²) in [5, 5.41) is 15.2. The summed E-state index contributed by atoms with van der Waals surface area (Å²) in [7, 11) is 0. The van der Waals surface area contributed by atoms with Gasteiger partial charge in [-0.3, -0.25) is 4.79 Å². The predicted octanol–water partition coefficient (Wildman–Crippen LogP) is 5.33. The monoisotopic (exact) mass is 573 g/mol. The summed E-state index contributed by atoms with van der Waals surface area (Å²) in [4.78, 5) is 40.5. The zero-order chi connectivity index (χ0) is 28.4. The summed E-state index contributed by atoms with van der Waals surface area (Å²) >= 11 is 1.27. The number of carbonyl (C=O) groups excluding carboxylic acids is 1. The number of halogens is 3. The van der Waals surface area contributed by atoms with Crippen LogP contribution in [0.5, 0.6) is 11.6 Å². The van der Waals surface area contributed by atoms with Gasteiger partial charge in [0.05, 0.1) is 10.4 Å². The van der Waals surface area contributed by atoms with Crippen LogP contribution >= 0.6 is 11.3 Å². The summed E-state index contributed by atoms with van der Waals surface area (Å²) in [5.41, 5.74) is -0.0279. The van der Waals surface area contributed by atoms with Gasteiger partial charge in [0.15, 0.2) is 10.9 Å². The van der Waals surface area contributed by atoms with Crippen molar-refractivity contribution in [3.8, 4) is 22.9 Å². The second-order valence-electron chi connectivity index (χ2n) is 9.00. The Morgan fingerprint density at radius 3 is 2.75 bits per heavy atom. The molecule has 208 valence electrons. The summed E-state index contributed by atoms with van der Waals surface area (Å²) < 4.78 is 47.1. The van der Waals surface area contributed by atoms with Crippen molar-refractivity contribution in [1.82, 2.24) is 24.8 Å². The molecule has 15 heteroatoms. The van der Waals surface area contributed by atoms with E-state index in [1.807, 2.05) is 6.07 Å². The predicted molar refractivity (Wildman–Crippen MR) is 140 cm³/mol. The molecule has 1 fully saturated rings. The lowest BCUT2D eigenvalue weighted by molar-refractivity contribution is -0.141. The Balaban J connectivity index is 1.42. The van der Waals surface area contributed by atoms with E-state index in [0.29, 0.717) is 29.4 Å². The first-order valence-electron chi connectivity index (χ1n) is 12.0. The van der Waals surface area contributed by atoms with Crippen LogP contribution in [0.25, 0.3) is 21.5 Å². The molecule has 0 aliphatic carbocycles. The molecule has 0 radical (unpaired) electrons. The topological polar surface area (TPSA) is 142 Å². The molecule has 3 aromatic heterocycles. The van der Waals surface area contributed by atoms with Crippen LogP contribution in [-0.2, 0) is 11.0 Å². The molecule has 4 aromatic rings. The van der Waals surface area contributed by atoms with E-state index in [4.69, 9.17) is 4.74 Å². The van der Waals surface area contributed by atoms with Gasteiger partial charge in [0, 0.05) is 38.2 Å². The third-order valence-electron chi connectivity index (χ3n) is 6.10. The fraction of sp³-hybridized carbons (Fsp3) is 0.280. The van der Waals surface area contributed by atoms with E-state index in [1.165, 1.54) is 41.6 Å². The molecule has 3 N–H and O–H groups in total. The molecule has 1 atom stereocenters. The van der Waals surface area contributed by atoms with E-state index < -0.39 is 18.0 Å². The number of thiazole rings is 1. The minimum atomic E-state index is -4.66. The molecule has 1 aliphatic heterocycles. The minimum Gasteiger partial charge on any atom is -0.465 e. The van der Waals surface area contributed by atoms with Crippen LogP contribution in [0, 0.1) is 5.92 Å². The van der Waals surface area contributed by atoms with Crippen LogP contribution in [0.4, 0.5) is 28.9 Å². The number of alkyl halides is 3. The van der Waals surface area contributed by atoms with E-state index in [9.17, 15) is 27.9 Å². The van der Waals surface area contributed by atoms with E-state index in [0.717, 1.165) is 10.8 Å². The normalized spacial score (nSPS) is 15.3. The Morgan fingerprint density at radius 2 is 2.02 bits per heavy atom. The van der Waals surface area contributed by atoms with Crippen LogP contribution in [0.3, 0.4) is 0 Å². The number of hydrogen-bond acceptors (Lipinski definition) is 9. The van der Waals surface area contributed by atoms with Crippen molar-refractivity contribution in [2.75, 3.05) is 30.3 Å². The summed E-state index contributed by atoms with van der Waals surface area (Å²) in [6, 6.07) is 8.86. The first-order valence-corrected chi connectivity index (χ1v) is 12.9. The van der Waals surface area contributed by atoms with Crippen molar-refractivity contribution in [2.24, 2.45) is 5.92 Å². The average molecular weight is 574 g/mol. The van der Waals surface area contributed by atoms with Gasteiger partial charge in [-0.05, 0) is 36.6 Å². The molecule has 4 heterocycles. The van der Waals surface area contributed by atoms with Gasteiger partial charge in [0.1, 0.15) is 23.4 Å². The number of amides is 2. The smallest absolute Gasteiger partial charge is 0.433 e. The lowest BCUT2D eigenvalue weighted by Gasteiger charge is -2.17. The number of rotatable bonds is 7. The van der Waals surface area contributed by atoms with Crippen LogP contribution in [0.2, 0.25) is 0 Å². The Labute approximate surface area is 229 Å². The number of ether oxygens (including phenoxy) is 1. The SMILES string of the molecule is CC(=O)Nc1nc2c(Oc3cc(-c4ccc(C(F)(F)F)nc4NCC4CCN(C(=O)O)C4)ncn3)cccc2s1. The van der Waals surface area contributed by atoms with E-state index in [2.05, 4.69) is 30.6 Å². The van der Waals surface area contributed by atoms with Gasteiger partial charge in [0.2, 0.25) is 11.8 Å². The molecule has 0 saturated carbocycles. The maximum Gasteiger partial charge on any atom is 0.433 e. The van der Waals surface area contributed by atoms with Gasteiger partial charge in [-0.1, -0.05) is 17.4 Å². The molecule has 1 saturated heterocycles. The number of nitrogens with zero attached hydrogens (tertiary/aromatic N) is 5. The number of pyridine rings is 1. The molecule has 1 aromatic carbocycles. The number of nitrogens with one attached hydrogen (secondary N) is 2. The van der Waals surface area contributed by atoms with Crippen LogP contribution in [0.1, 0.15) is 19.0 Å². The number of benzene rings is 1. The van der Waals surface area contributed by atoms with Crippen LogP contribution in [0.15, 0.2) is 42.7 Å². The molecular formula is C25H22F3N7O4S. The zero-order valence-corrected chi connectivity index (χ0v) is 21.7. The highest BCUT2D eigenvalue weighted by atomic mass is 32.1. The second kappa shape index (κ2) is 10.9. The largest absolute Gasteiger partial charge is 0.465 e. The number of hydrogen-bond donors (Lipinski definition) is 3. The minimum absolute atomic E-state index is 0.0465. The number of likely N-dealkylation sites (tertiary alicyclic amines) is 1. The van der Waals surface area contributed by atoms with Crippen LogP contribution < -0.4 is 15.4 Å². The van der Waals surface area contributed by atoms with Gasteiger partial charge in [0.25, 0.3) is 0 Å². The van der Waals surface area contributed by atoms with Crippen molar-refractivity contribution in [3.63, 3.8) is 0 Å². The first kappa shape index (κ1) is 27.1. The van der Waals surface area contributed by atoms with Crippen molar-refractivity contribution in [3.05, 3.63) is 48.4 Å². The third kappa shape index (κ3) is 6.03. The van der Waals surface area contributed by atoms with Crippen molar-refractivity contribution >= 4 is 44.5 Å². The Bertz CT molecular complexity index is 1580. The molecule has 0 spiro atoms. The van der Waals surface area contributed by atoms with Gasteiger partial charge in [-0.15, -0.1) is 0 Å². The molecule has 5 rings (SSSR count). The maximum atomic E-state index is 13.5. The number of para-hydroxylation sites is 1. The number of fused-ring (bicyclic) bond motifs is 1. The van der Waals surface area contributed by atoms with Crippen molar-refractivity contribution < 1.29 is 32.6 Å². The first-order chi connectivity index (χ1) is 19.1. The fourth-order valence-electron chi connectivity index (χ4n) is 4.24. The highest BCUT2D eigenvalue weighted by Crippen LogP contribution is 2.36. The number of anilines is 2. The summed E-state index contributed by atoms with van der Waals surface area (Å²) in [6.45, 7) is 2.23. The second-order valence-corrected chi connectivity index (χ2v) is 10.0. The van der Waals surface area contributed by atoms with Crippen LogP contribution in [-0.4, -0.2) is 61.6 Å². The van der Waals surface area contributed by atoms with Gasteiger partial charge >= 0.3 is 12.3 Å². The Hall–Kier alpha value is -4.53. The van der Waals surface area contributed by atoms with E-state index in [-0.39, 0.29) is 47.9 Å². The lowest BCUT2D eigenvalue weighted by Crippen LogP contribution is -2.28. The van der Waals surface area contributed by atoms with Crippen molar-refractivity contribution in [2.45, 2.75) is 19.5 Å². The van der Waals surface area contributed by atoms with E-state index in [1.54, 1.807) is 12.1 Å². The third-order valence-corrected chi connectivity index (χ3v) is 7.03. The fourth-order valence-corrected chi connectivity index (χ4v) is 5.17. The number of carboxylic acid groups (broad SMARTS) is 1. The molecule has 1 aliphatic rings. The summed E-state index contributed by atoms with van der Waals surface area (Å²) in [5.74, 6) is 0.0810. The van der Waals surface area contributed by atoms with Gasteiger partial charge in [-0.25, -0.2) is 24.7 Å². The molecule has 2 amide bonds. The maximum absolute atomic E-state index is 13.5. The average Bonchev–Trinajstić information content (AvgIpc) is 3.54. The number of carbonyl (C=O) groups is 2. The van der Waals surface area contributed by atoms with E-state index >= 15 is 0 Å². The van der Waals surface area contributed by atoms with Crippen molar-refractivity contribution in [1.29, 1.82) is 0 Å². The Kier molecular flexibility index (Phi) is 7.38. The zero-order valence-electron chi connectivity index (χ0n) is 20.9. The standard InChI is InChI=1S/C25H22F3N7O4S/c1-13(36)32-23-34-21-17(3-2-4-18(21)40-23)39-20-9-16(30-12-31-20)15-5-6-19(25(26,27)28)33-22(15)29-10-14-7-8-35(11-14)24(37)38/h2-6,9,12,14H,7-8,10-11H2,1H3,(H,29,33)(H,37,38)(H,32,34,36). The van der Waals surface area contributed by atoms with Gasteiger partial charge in [-0.2, -0.15) is 13.2 Å².